The lowest BCUT2D eigenvalue weighted by Crippen LogP contribution is -2.37. The van der Waals surface area contributed by atoms with Gasteiger partial charge in [0.1, 0.15) is 11.5 Å². The molecular formula is C26H23ClF3N7O. The van der Waals surface area contributed by atoms with Crippen LogP contribution in [0.3, 0.4) is 0 Å². The van der Waals surface area contributed by atoms with Gasteiger partial charge < -0.3 is 10.2 Å². The van der Waals surface area contributed by atoms with Gasteiger partial charge in [0.25, 0.3) is 12.3 Å². The Morgan fingerprint density at radius 2 is 1.92 bits per heavy atom. The minimum Gasteiger partial charge on any atom is -0.356 e. The number of nitrogens with one attached hydrogen (secondary N) is 1. The van der Waals surface area contributed by atoms with Gasteiger partial charge in [0.05, 0.1) is 41.0 Å². The second kappa shape index (κ2) is 10.4. The second-order valence-electron chi connectivity index (χ2n) is 8.99. The normalized spacial score (nSPS) is 13.9. The third-order valence-corrected chi connectivity index (χ3v) is 6.80. The zero-order chi connectivity index (χ0) is 27.0. The van der Waals surface area contributed by atoms with Crippen LogP contribution < -0.4 is 10.2 Å². The van der Waals surface area contributed by atoms with Gasteiger partial charge >= 0.3 is 0 Å². The molecular weight excluding hydrogens is 519 g/mol. The maximum Gasteiger partial charge on any atom is 0.275 e. The molecule has 1 saturated heterocycles. The van der Waals surface area contributed by atoms with Crippen LogP contribution in [-0.2, 0) is 0 Å². The smallest absolute Gasteiger partial charge is 0.275 e. The van der Waals surface area contributed by atoms with Crippen LogP contribution in [0.5, 0.6) is 0 Å². The summed E-state index contributed by atoms with van der Waals surface area (Å²) < 4.78 is 43.4. The number of hydrogen-bond acceptors (Lipinski definition) is 6. The van der Waals surface area contributed by atoms with E-state index in [1.165, 1.54) is 12.6 Å². The minimum absolute atomic E-state index is 0.153. The zero-order valence-corrected chi connectivity index (χ0v) is 21.3. The average Bonchev–Trinajstić information content (AvgIpc) is 3.32. The Kier molecular flexibility index (Phi) is 7.02. The van der Waals surface area contributed by atoms with Gasteiger partial charge in [0, 0.05) is 36.6 Å². The molecule has 1 atom stereocenters. The summed E-state index contributed by atoms with van der Waals surface area (Å²) in [4.78, 5) is 27.6. The monoisotopic (exact) mass is 541 g/mol. The number of hydrogen-bond donors (Lipinski definition) is 1. The molecule has 1 amide bonds. The highest BCUT2D eigenvalue weighted by Gasteiger charge is 2.23. The molecule has 1 aliphatic rings. The van der Waals surface area contributed by atoms with Crippen LogP contribution in [0.2, 0.25) is 5.02 Å². The maximum absolute atomic E-state index is 14.7. The van der Waals surface area contributed by atoms with Crippen molar-refractivity contribution in [2.45, 2.75) is 32.7 Å². The van der Waals surface area contributed by atoms with Gasteiger partial charge in [0.2, 0.25) is 0 Å². The lowest BCUT2D eigenvalue weighted by Gasteiger charge is -2.32. The van der Waals surface area contributed by atoms with Gasteiger partial charge in [-0.05, 0) is 43.5 Å². The molecule has 8 nitrogen and oxygen atoms in total. The minimum atomic E-state index is -2.98. The molecule has 1 fully saturated rings. The van der Waals surface area contributed by atoms with E-state index in [0.29, 0.717) is 5.69 Å². The van der Waals surface area contributed by atoms with Crippen LogP contribution in [0.1, 0.15) is 53.0 Å². The van der Waals surface area contributed by atoms with Crippen LogP contribution in [-0.4, -0.2) is 43.7 Å². The fraction of sp³-hybridized carbons (Fsp3) is 0.269. The lowest BCUT2D eigenvalue weighted by molar-refractivity contribution is 0.102. The highest BCUT2D eigenvalue weighted by molar-refractivity contribution is 6.31. The molecule has 12 heteroatoms. The summed E-state index contributed by atoms with van der Waals surface area (Å²) in [6.07, 6.45) is 5.44. The first-order valence-corrected chi connectivity index (χ1v) is 12.3. The van der Waals surface area contributed by atoms with Crippen LogP contribution in [0.15, 0.2) is 49.2 Å². The Balaban J connectivity index is 1.34. The second-order valence-corrected chi connectivity index (χ2v) is 9.40. The van der Waals surface area contributed by atoms with Crippen molar-refractivity contribution in [3.05, 3.63) is 82.4 Å². The lowest BCUT2D eigenvalue weighted by atomic mass is 10.0. The number of aromatic nitrogens is 5. The van der Waals surface area contributed by atoms with E-state index in [-0.39, 0.29) is 22.5 Å². The van der Waals surface area contributed by atoms with E-state index in [2.05, 4.69) is 36.3 Å². The van der Waals surface area contributed by atoms with Gasteiger partial charge in [0.15, 0.2) is 5.82 Å². The number of pyridine rings is 1. The number of carbonyl (C=O) groups excluding carboxylic acids is 1. The van der Waals surface area contributed by atoms with E-state index in [0.717, 1.165) is 54.6 Å². The Bertz CT molecular complexity index is 1510. The van der Waals surface area contributed by atoms with Gasteiger partial charge in [-0.1, -0.05) is 17.7 Å². The molecule has 0 aliphatic carbocycles. The van der Waals surface area contributed by atoms with Crippen LogP contribution in [0.4, 0.5) is 24.7 Å². The first-order chi connectivity index (χ1) is 18.2. The van der Waals surface area contributed by atoms with E-state index in [4.69, 9.17) is 11.6 Å². The predicted molar refractivity (Wildman–Crippen MR) is 137 cm³/mol. The van der Waals surface area contributed by atoms with E-state index in [9.17, 15) is 18.0 Å². The van der Waals surface area contributed by atoms with Crippen molar-refractivity contribution >= 4 is 29.0 Å². The highest BCUT2D eigenvalue weighted by Crippen LogP contribution is 2.35. The third-order valence-electron chi connectivity index (χ3n) is 6.51. The molecule has 38 heavy (non-hydrogen) atoms. The van der Waals surface area contributed by atoms with E-state index in [1.54, 1.807) is 10.9 Å². The summed E-state index contributed by atoms with van der Waals surface area (Å²) in [6.45, 7) is 6.02. The topological polar surface area (TPSA) is 88.8 Å². The predicted octanol–water partition coefficient (Wildman–Crippen LogP) is 5.85. The maximum atomic E-state index is 14.7. The van der Waals surface area contributed by atoms with Gasteiger partial charge in [-0.15, -0.1) is 0 Å². The van der Waals surface area contributed by atoms with Gasteiger partial charge in [-0.2, -0.15) is 5.10 Å². The standard InChI is InChI=1S/C26H23ClF3N7O/c1-14-8-22(36-6-3-7-36)32-10-18(14)15(2)37-13-16(9-33-37)34-26(38)21-12-31-11-20(35-21)23-17(25(29)30)4-5-19(27)24(23)28/h4-5,8-13,15,25H,3,6-7H2,1-2H3,(H,34,38)/t15-/m1/s1. The van der Waals surface area contributed by atoms with Gasteiger partial charge in [-0.3, -0.25) is 14.5 Å². The molecule has 0 saturated carbocycles. The average molecular weight is 542 g/mol. The third kappa shape index (κ3) is 4.93. The van der Waals surface area contributed by atoms with Crippen LogP contribution in [0.25, 0.3) is 11.3 Å². The number of anilines is 2. The van der Waals surface area contributed by atoms with Crippen molar-refractivity contribution in [2.75, 3.05) is 23.3 Å². The molecule has 5 rings (SSSR count). The molecule has 0 spiro atoms. The van der Waals surface area contributed by atoms with Crippen molar-refractivity contribution in [3.63, 3.8) is 0 Å². The number of aryl methyl sites for hydroxylation is 1. The molecule has 1 N–H and O–H groups in total. The number of halogens is 4. The Morgan fingerprint density at radius 1 is 1.13 bits per heavy atom. The van der Waals surface area contributed by atoms with Crippen molar-refractivity contribution in [3.8, 4) is 11.3 Å². The number of benzene rings is 1. The van der Waals surface area contributed by atoms with Gasteiger partial charge in [-0.25, -0.2) is 23.1 Å². The highest BCUT2D eigenvalue weighted by atomic mass is 35.5. The summed E-state index contributed by atoms with van der Waals surface area (Å²) in [7, 11) is 0. The van der Waals surface area contributed by atoms with Crippen molar-refractivity contribution in [2.24, 2.45) is 0 Å². The molecule has 3 aromatic heterocycles. The number of carbonyl (C=O) groups is 1. The van der Waals surface area contributed by atoms with E-state index < -0.39 is 29.3 Å². The number of amides is 1. The Hall–Kier alpha value is -3.99. The molecule has 1 aliphatic heterocycles. The summed E-state index contributed by atoms with van der Waals surface area (Å²) in [6, 6.07) is 3.97. The summed E-state index contributed by atoms with van der Waals surface area (Å²) in [5.74, 6) is -0.765. The van der Waals surface area contributed by atoms with Crippen LogP contribution in [0, 0.1) is 12.7 Å². The molecule has 0 radical (unpaired) electrons. The van der Waals surface area contributed by atoms with Crippen molar-refractivity contribution in [1.29, 1.82) is 0 Å². The molecule has 196 valence electrons. The fourth-order valence-electron chi connectivity index (χ4n) is 4.26. The molecule has 4 aromatic rings. The Morgan fingerprint density at radius 3 is 2.61 bits per heavy atom. The molecule has 1 aromatic carbocycles. The zero-order valence-electron chi connectivity index (χ0n) is 20.5. The summed E-state index contributed by atoms with van der Waals surface area (Å²) >= 11 is 5.80. The number of rotatable bonds is 7. The number of nitrogens with zero attached hydrogens (tertiary/aromatic N) is 6. The number of alkyl halides is 2. The first kappa shape index (κ1) is 25.7. The summed E-state index contributed by atoms with van der Waals surface area (Å²) in [5.41, 5.74) is 0.939. The van der Waals surface area contributed by atoms with E-state index >= 15 is 0 Å². The largest absolute Gasteiger partial charge is 0.356 e. The van der Waals surface area contributed by atoms with Crippen molar-refractivity contribution in [1.82, 2.24) is 24.7 Å². The van der Waals surface area contributed by atoms with E-state index in [1.807, 2.05) is 20.0 Å². The quantitative estimate of drug-likeness (QED) is 0.316. The Labute approximate surface area is 221 Å². The van der Waals surface area contributed by atoms with Crippen LogP contribution >= 0.6 is 11.6 Å². The summed E-state index contributed by atoms with van der Waals surface area (Å²) in [5, 5.41) is 6.68. The first-order valence-electron chi connectivity index (χ1n) is 11.9. The molecule has 4 heterocycles. The molecule has 0 bridgehead atoms. The SMILES string of the molecule is Cc1cc(N2CCC2)ncc1[C@@H](C)n1cc(NC(=O)c2cncc(-c3c(C(F)F)ccc(Cl)c3F)n2)cn1. The molecule has 0 unspecified atom stereocenters. The fourth-order valence-corrected chi connectivity index (χ4v) is 4.42. The van der Waals surface area contributed by atoms with Crippen molar-refractivity contribution < 1.29 is 18.0 Å².